The van der Waals surface area contributed by atoms with Crippen LogP contribution in [-0.4, -0.2) is 29.6 Å². The number of rotatable bonds is 20. The molecule has 0 saturated carbocycles. The Bertz CT molecular complexity index is 381. The SMILES string of the molecule is CCCCCCCCCCCC(O)CC(=O)C(CCCCCC)C(=O)OCC. The molecule has 0 aliphatic rings. The second kappa shape index (κ2) is 19.4. The molecule has 0 bridgehead atoms. The summed E-state index contributed by atoms with van der Waals surface area (Å²) in [4.78, 5) is 24.7. The van der Waals surface area contributed by atoms with Gasteiger partial charge in [0.05, 0.1) is 12.7 Å². The van der Waals surface area contributed by atoms with E-state index < -0.39 is 18.0 Å². The highest BCUT2D eigenvalue weighted by Crippen LogP contribution is 2.18. The number of hydrogen-bond donors (Lipinski definition) is 1. The Kier molecular flexibility index (Phi) is 18.8. The summed E-state index contributed by atoms with van der Waals surface area (Å²) in [7, 11) is 0. The average molecular weight is 399 g/mol. The van der Waals surface area contributed by atoms with E-state index in [9.17, 15) is 14.7 Å². The van der Waals surface area contributed by atoms with Crippen molar-refractivity contribution in [1.29, 1.82) is 0 Å². The van der Waals surface area contributed by atoms with Crippen LogP contribution in [0.5, 0.6) is 0 Å². The van der Waals surface area contributed by atoms with Crippen molar-refractivity contribution in [3.05, 3.63) is 0 Å². The van der Waals surface area contributed by atoms with Gasteiger partial charge in [-0.15, -0.1) is 0 Å². The van der Waals surface area contributed by atoms with E-state index in [0.717, 1.165) is 38.5 Å². The van der Waals surface area contributed by atoms with Gasteiger partial charge in [0, 0.05) is 6.42 Å². The lowest BCUT2D eigenvalue weighted by Crippen LogP contribution is -2.29. The Balaban J connectivity index is 4.04. The molecular weight excluding hydrogens is 352 g/mol. The van der Waals surface area contributed by atoms with Crippen molar-refractivity contribution < 1.29 is 19.4 Å². The molecule has 0 aromatic carbocycles. The summed E-state index contributed by atoms with van der Waals surface area (Å²) in [6.45, 7) is 6.42. The van der Waals surface area contributed by atoms with Crippen LogP contribution in [-0.2, 0) is 14.3 Å². The highest BCUT2D eigenvalue weighted by Gasteiger charge is 2.28. The highest BCUT2D eigenvalue weighted by atomic mass is 16.5. The zero-order valence-corrected chi connectivity index (χ0v) is 18.8. The molecule has 0 aromatic heterocycles. The van der Waals surface area contributed by atoms with Crippen molar-refractivity contribution in [2.45, 2.75) is 130 Å². The van der Waals surface area contributed by atoms with Crippen molar-refractivity contribution in [2.75, 3.05) is 6.61 Å². The summed E-state index contributed by atoms with van der Waals surface area (Å²) in [6, 6.07) is 0. The van der Waals surface area contributed by atoms with E-state index in [4.69, 9.17) is 4.74 Å². The first-order valence-corrected chi connectivity index (χ1v) is 11.9. The fraction of sp³-hybridized carbons (Fsp3) is 0.917. The number of esters is 1. The van der Waals surface area contributed by atoms with Crippen LogP contribution in [0.3, 0.4) is 0 Å². The molecule has 0 aromatic rings. The third kappa shape index (κ3) is 15.1. The molecule has 0 aliphatic heterocycles. The summed E-state index contributed by atoms with van der Waals surface area (Å²) in [5, 5.41) is 10.2. The van der Waals surface area contributed by atoms with E-state index in [1.807, 2.05) is 0 Å². The molecule has 2 unspecified atom stereocenters. The van der Waals surface area contributed by atoms with Gasteiger partial charge in [0.2, 0.25) is 0 Å². The Morgan fingerprint density at radius 2 is 1.18 bits per heavy atom. The van der Waals surface area contributed by atoms with Gasteiger partial charge in [-0.1, -0.05) is 97.3 Å². The van der Waals surface area contributed by atoms with Crippen LogP contribution < -0.4 is 0 Å². The quantitative estimate of drug-likeness (QED) is 0.147. The average Bonchev–Trinajstić information content (AvgIpc) is 2.66. The van der Waals surface area contributed by atoms with E-state index in [1.54, 1.807) is 6.92 Å². The molecule has 28 heavy (non-hydrogen) atoms. The molecule has 2 atom stereocenters. The molecule has 0 spiro atoms. The minimum atomic E-state index is -0.699. The molecule has 166 valence electrons. The smallest absolute Gasteiger partial charge is 0.316 e. The maximum atomic E-state index is 12.5. The van der Waals surface area contributed by atoms with Crippen LogP contribution in [0.4, 0.5) is 0 Å². The largest absolute Gasteiger partial charge is 0.465 e. The number of aliphatic hydroxyl groups is 1. The second-order valence-corrected chi connectivity index (χ2v) is 8.10. The maximum Gasteiger partial charge on any atom is 0.316 e. The van der Waals surface area contributed by atoms with Crippen LogP contribution in [0.15, 0.2) is 0 Å². The van der Waals surface area contributed by atoms with Gasteiger partial charge in [-0.05, 0) is 19.8 Å². The van der Waals surface area contributed by atoms with Crippen LogP contribution in [0.2, 0.25) is 0 Å². The Hall–Kier alpha value is -0.900. The van der Waals surface area contributed by atoms with E-state index in [2.05, 4.69) is 13.8 Å². The van der Waals surface area contributed by atoms with Gasteiger partial charge in [-0.2, -0.15) is 0 Å². The Labute approximate surface area is 173 Å². The molecule has 1 N–H and O–H groups in total. The lowest BCUT2D eigenvalue weighted by Gasteiger charge is -2.17. The molecule has 0 rings (SSSR count). The Morgan fingerprint density at radius 3 is 1.71 bits per heavy atom. The second-order valence-electron chi connectivity index (χ2n) is 8.10. The summed E-state index contributed by atoms with van der Waals surface area (Å²) >= 11 is 0. The van der Waals surface area contributed by atoms with Crippen LogP contribution in [0.1, 0.15) is 124 Å². The van der Waals surface area contributed by atoms with Gasteiger partial charge in [0.15, 0.2) is 0 Å². The molecule has 0 amide bonds. The van der Waals surface area contributed by atoms with Gasteiger partial charge < -0.3 is 9.84 Å². The molecule has 0 fully saturated rings. The Morgan fingerprint density at radius 1 is 0.714 bits per heavy atom. The molecular formula is C24H46O4. The van der Waals surface area contributed by atoms with Crippen LogP contribution >= 0.6 is 0 Å². The van der Waals surface area contributed by atoms with E-state index in [1.165, 1.54) is 44.9 Å². The van der Waals surface area contributed by atoms with Gasteiger partial charge in [-0.25, -0.2) is 0 Å². The first kappa shape index (κ1) is 27.1. The maximum absolute atomic E-state index is 12.5. The zero-order chi connectivity index (χ0) is 21.0. The van der Waals surface area contributed by atoms with Gasteiger partial charge in [-0.3, -0.25) is 9.59 Å². The number of ketones is 1. The summed E-state index contributed by atoms with van der Waals surface area (Å²) in [5.41, 5.74) is 0. The van der Waals surface area contributed by atoms with Gasteiger partial charge >= 0.3 is 5.97 Å². The predicted octanol–water partition coefficient (Wildman–Crippen LogP) is 6.38. The normalized spacial score (nSPS) is 13.3. The van der Waals surface area contributed by atoms with E-state index >= 15 is 0 Å². The van der Waals surface area contributed by atoms with Crippen molar-refractivity contribution in [2.24, 2.45) is 5.92 Å². The standard InChI is InChI=1S/C24H46O4/c1-4-7-9-11-12-13-14-15-16-18-21(25)20-23(26)22(24(27)28-6-3)19-17-10-8-5-2/h21-22,25H,4-20H2,1-3H3. The number of ether oxygens (including phenoxy) is 1. The summed E-state index contributed by atoms with van der Waals surface area (Å²) in [5.74, 6) is -1.27. The van der Waals surface area contributed by atoms with Crippen LogP contribution in [0.25, 0.3) is 0 Å². The minimum Gasteiger partial charge on any atom is -0.465 e. The number of carbonyl (C=O) groups excluding carboxylic acids is 2. The molecule has 4 heteroatoms. The molecule has 0 aliphatic carbocycles. The number of aliphatic hydroxyl groups excluding tert-OH is 1. The fourth-order valence-electron chi connectivity index (χ4n) is 3.60. The first-order chi connectivity index (χ1) is 13.6. The zero-order valence-electron chi connectivity index (χ0n) is 18.8. The predicted molar refractivity (Wildman–Crippen MR) is 116 cm³/mol. The van der Waals surface area contributed by atoms with E-state index in [0.29, 0.717) is 19.4 Å². The summed E-state index contributed by atoms with van der Waals surface area (Å²) < 4.78 is 5.08. The number of unbranched alkanes of at least 4 members (excludes halogenated alkanes) is 11. The van der Waals surface area contributed by atoms with Crippen molar-refractivity contribution in [1.82, 2.24) is 0 Å². The molecule has 0 heterocycles. The van der Waals surface area contributed by atoms with Gasteiger partial charge in [0.1, 0.15) is 11.7 Å². The third-order valence-corrected chi connectivity index (χ3v) is 5.38. The lowest BCUT2D eigenvalue weighted by molar-refractivity contribution is -0.152. The molecule has 0 radical (unpaired) electrons. The van der Waals surface area contributed by atoms with E-state index in [-0.39, 0.29) is 12.2 Å². The fourth-order valence-corrected chi connectivity index (χ4v) is 3.60. The third-order valence-electron chi connectivity index (χ3n) is 5.38. The topological polar surface area (TPSA) is 63.6 Å². The molecule has 0 saturated heterocycles. The van der Waals surface area contributed by atoms with Crippen molar-refractivity contribution >= 4 is 11.8 Å². The van der Waals surface area contributed by atoms with Crippen molar-refractivity contribution in [3.8, 4) is 0 Å². The summed E-state index contributed by atoms with van der Waals surface area (Å²) in [6.07, 6.45) is 15.9. The van der Waals surface area contributed by atoms with Crippen molar-refractivity contribution in [3.63, 3.8) is 0 Å². The van der Waals surface area contributed by atoms with Gasteiger partial charge in [0.25, 0.3) is 0 Å². The van der Waals surface area contributed by atoms with Crippen LogP contribution in [0, 0.1) is 5.92 Å². The monoisotopic (exact) mass is 398 g/mol. The minimum absolute atomic E-state index is 0.0777. The number of hydrogen-bond acceptors (Lipinski definition) is 4. The highest BCUT2D eigenvalue weighted by molar-refractivity contribution is 5.99. The number of carbonyl (C=O) groups is 2. The first-order valence-electron chi connectivity index (χ1n) is 11.9. The number of Topliss-reactive ketones (excluding diaryl/α,β-unsaturated/α-hetero) is 1. The lowest BCUT2D eigenvalue weighted by atomic mass is 9.92. The molecule has 4 nitrogen and oxygen atoms in total.